The van der Waals surface area contributed by atoms with E-state index in [1.807, 2.05) is 26.1 Å². The molecule has 1 nitrogen and oxygen atoms in total. The summed E-state index contributed by atoms with van der Waals surface area (Å²) in [5.41, 5.74) is 1.87. The SMILES string of the molecule is CNC(CCc1cccs1)c1cc(C)ccc1F. The summed E-state index contributed by atoms with van der Waals surface area (Å²) < 4.78 is 13.8. The van der Waals surface area contributed by atoms with Crippen LogP contribution in [0.1, 0.15) is 28.5 Å². The molecule has 2 rings (SSSR count). The molecule has 0 aliphatic carbocycles. The molecule has 0 radical (unpaired) electrons. The van der Waals surface area contributed by atoms with E-state index in [2.05, 4.69) is 22.8 Å². The van der Waals surface area contributed by atoms with Crippen molar-refractivity contribution in [3.63, 3.8) is 0 Å². The van der Waals surface area contributed by atoms with E-state index in [0.717, 1.165) is 24.0 Å². The first-order valence-electron chi connectivity index (χ1n) is 6.16. The molecule has 1 N–H and O–H groups in total. The zero-order chi connectivity index (χ0) is 13.0. The lowest BCUT2D eigenvalue weighted by Gasteiger charge is -2.17. The van der Waals surface area contributed by atoms with Crippen LogP contribution in [-0.2, 0) is 6.42 Å². The monoisotopic (exact) mass is 263 g/mol. The zero-order valence-electron chi connectivity index (χ0n) is 10.7. The van der Waals surface area contributed by atoms with Crippen LogP contribution in [0.15, 0.2) is 35.7 Å². The molecule has 0 amide bonds. The van der Waals surface area contributed by atoms with Crippen molar-refractivity contribution in [2.24, 2.45) is 0 Å². The Hall–Kier alpha value is -1.19. The lowest BCUT2D eigenvalue weighted by molar-refractivity contribution is 0.509. The summed E-state index contributed by atoms with van der Waals surface area (Å²) in [6.07, 6.45) is 1.90. The quantitative estimate of drug-likeness (QED) is 0.856. The molecular formula is C15H18FNS. The molecule has 18 heavy (non-hydrogen) atoms. The molecule has 0 saturated carbocycles. The van der Waals surface area contributed by atoms with E-state index in [1.165, 1.54) is 4.88 Å². The molecule has 1 heterocycles. The third kappa shape index (κ3) is 3.18. The second kappa shape index (κ2) is 6.12. The minimum absolute atomic E-state index is 0.0759. The Bertz CT molecular complexity index is 493. The normalized spacial score (nSPS) is 12.6. The predicted octanol–water partition coefficient (Wildman–Crippen LogP) is 4.09. The molecule has 1 unspecified atom stereocenters. The lowest BCUT2D eigenvalue weighted by atomic mass is 9.99. The van der Waals surface area contributed by atoms with Gasteiger partial charge in [0.1, 0.15) is 5.82 Å². The Morgan fingerprint density at radius 3 is 2.83 bits per heavy atom. The molecule has 2 aromatic rings. The van der Waals surface area contributed by atoms with Crippen molar-refractivity contribution in [1.82, 2.24) is 5.32 Å². The van der Waals surface area contributed by atoms with Gasteiger partial charge in [0.2, 0.25) is 0 Å². The standard InChI is InChI=1S/C15H18FNS/c1-11-5-7-14(16)13(10-11)15(17-2)8-6-12-4-3-9-18-12/h3-5,7,9-10,15,17H,6,8H2,1-2H3. The maximum absolute atomic E-state index is 13.8. The molecule has 0 aliphatic heterocycles. The molecular weight excluding hydrogens is 245 g/mol. The first kappa shape index (κ1) is 13.2. The van der Waals surface area contributed by atoms with Gasteiger partial charge in [-0.3, -0.25) is 0 Å². The summed E-state index contributed by atoms with van der Waals surface area (Å²) >= 11 is 1.76. The van der Waals surface area contributed by atoms with E-state index in [-0.39, 0.29) is 11.9 Å². The summed E-state index contributed by atoms with van der Waals surface area (Å²) in [7, 11) is 1.89. The van der Waals surface area contributed by atoms with Gasteiger partial charge < -0.3 is 5.32 Å². The van der Waals surface area contributed by atoms with Crippen molar-refractivity contribution in [1.29, 1.82) is 0 Å². The first-order valence-corrected chi connectivity index (χ1v) is 7.04. The Morgan fingerprint density at radius 1 is 1.33 bits per heavy atom. The van der Waals surface area contributed by atoms with Crippen molar-refractivity contribution in [3.05, 3.63) is 57.5 Å². The summed E-state index contributed by atoms with van der Waals surface area (Å²) in [6, 6.07) is 9.56. The second-order valence-electron chi connectivity index (χ2n) is 4.48. The summed E-state index contributed by atoms with van der Waals surface area (Å²) in [5.74, 6) is -0.119. The average molecular weight is 263 g/mol. The van der Waals surface area contributed by atoms with Gasteiger partial charge in [-0.1, -0.05) is 23.8 Å². The number of hydrogen-bond donors (Lipinski definition) is 1. The van der Waals surface area contributed by atoms with Gasteiger partial charge in [0.05, 0.1) is 0 Å². The number of benzene rings is 1. The van der Waals surface area contributed by atoms with Gasteiger partial charge in [0.25, 0.3) is 0 Å². The number of hydrogen-bond acceptors (Lipinski definition) is 2. The van der Waals surface area contributed by atoms with Crippen molar-refractivity contribution < 1.29 is 4.39 Å². The topological polar surface area (TPSA) is 12.0 Å². The molecule has 0 saturated heterocycles. The van der Waals surface area contributed by atoms with Crippen LogP contribution in [0.25, 0.3) is 0 Å². The summed E-state index contributed by atoms with van der Waals surface area (Å²) in [4.78, 5) is 1.35. The number of nitrogens with one attached hydrogen (secondary N) is 1. The Kier molecular flexibility index (Phi) is 4.50. The minimum atomic E-state index is -0.119. The van der Waals surface area contributed by atoms with E-state index in [0.29, 0.717) is 0 Å². The van der Waals surface area contributed by atoms with Crippen molar-refractivity contribution in [2.45, 2.75) is 25.8 Å². The third-order valence-electron chi connectivity index (χ3n) is 3.13. The second-order valence-corrected chi connectivity index (χ2v) is 5.52. The largest absolute Gasteiger partial charge is 0.313 e. The first-order chi connectivity index (χ1) is 8.70. The molecule has 1 aromatic carbocycles. The summed E-state index contributed by atoms with van der Waals surface area (Å²) in [6.45, 7) is 1.99. The Labute approximate surface area is 112 Å². The van der Waals surface area contributed by atoms with Crippen LogP contribution in [0.3, 0.4) is 0 Å². The molecule has 0 aliphatic rings. The maximum atomic E-state index is 13.8. The smallest absolute Gasteiger partial charge is 0.127 e. The zero-order valence-corrected chi connectivity index (χ0v) is 11.6. The highest BCUT2D eigenvalue weighted by atomic mass is 32.1. The fourth-order valence-corrected chi connectivity index (χ4v) is 2.85. The van der Waals surface area contributed by atoms with E-state index in [4.69, 9.17) is 0 Å². The molecule has 1 aromatic heterocycles. The van der Waals surface area contributed by atoms with Crippen molar-refractivity contribution in [2.75, 3.05) is 7.05 Å². The highest BCUT2D eigenvalue weighted by Crippen LogP contribution is 2.24. The Balaban J connectivity index is 2.10. The van der Waals surface area contributed by atoms with Gasteiger partial charge in [-0.25, -0.2) is 4.39 Å². The fraction of sp³-hybridized carbons (Fsp3) is 0.333. The highest BCUT2D eigenvalue weighted by molar-refractivity contribution is 7.09. The number of rotatable bonds is 5. The van der Waals surface area contributed by atoms with Gasteiger partial charge >= 0.3 is 0 Å². The van der Waals surface area contributed by atoms with Gasteiger partial charge in [0, 0.05) is 16.5 Å². The van der Waals surface area contributed by atoms with Gasteiger partial charge in [-0.05, 0) is 44.3 Å². The van der Waals surface area contributed by atoms with E-state index in [9.17, 15) is 4.39 Å². The summed E-state index contributed by atoms with van der Waals surface area (Å²) in [5, 5.41) is 5.29. The van der Waals surface area contributed by atoms with Crippen LogP contribution >= 0.6 is 11.3 Å². The van der Waals surface area contributed by atoms with Crippen LogP contribution in [-0.4, -0.2) is 7.05 Å². The van der Waals surface area contributed by atoms with Crippen molar-refractivity contribution in [3.8, 4) is 0 Å². The molecule has 0 fully saturated rings. The van der Waals surface area contributed by atoms with Crippen LogP contribution in [0.4, 0.5) is 4.39 Å². The number of aryl methyl sites for hydroxylation is 2. The highest BCUT2D eigenvalue weighted by Gasteiger charge is 2.14. The number of halogens is 1. The van der Waals surface area contributed by atoms with Gasteiger partial charge in [-0.15, -0.1) is 11.3 Å². The van der Waals surface area contributed by atoms with Crippen LogP contribution in [0.5, 0.6) is 0 Å². The van der Waals surface area contributed by atoms with E-state index in [1.54, 1.807) is 17.4 Å². The van der Waals surface area contributed by atoms with Crippen molar-refractivity contribution >= 4 is 11.3 Å². The van der Waals surface area contributed by atoms with Crippen LogP contribution in [0, 0.1) is 12.7 Å². The van der Waals surface area contributed by atoms with E-state index >= 15 is 0 Å². The molecule has 3 heteroatoms. The molecule has 96 valence electrons. The van der Waals surface area contributed by atoms with Gasteiger partial charge in [0.15, 0.2) is 0 Å². The van der Waals surface area contributed by atoms with Crippen LogP contribution < -0.4 is 5.32 Å². The van der Waals surface area contributed by atoms with Gasteiger partial charge in [-0.2, -0.15) is 0 Å². The minimum Gasteiger partial charge on any atom is -0.313 e. The fourth-order valence-electron chi connectivity index (χ4n) is 2.13. The molecule has 0 bridgehead atoms. The Morgan fingerprint density at radius 2 is 2.17 bits per heavy atom. The van der Waals surface area contributed by atoms with E-state index < -0.39 is 0 Å². The maximum Gasteiger partial charge on any atom is 0.127 e. The lowest BCUT2D eigenvalue weighted by Crippen LogP contribution is -2.18. The van der Waals surface area contributed by atoms with Crippen LogP contribution in [0.2, 0.25) is 0 Å². The number of thiophene rings is 1. The third-order valence-corrected chi connectivity index (χ3v) is 4.07. The molecule has 1 atom stereocenters. The molecule has 0 spiro atoms. The predicted molar refractivity (Wildman–Crippen MR) is 75.6 cm³/mol. The average Bonchev–Trinajstić information content (AvgIpc) is 2.87.